The summed E-state index contributed by atoms with van der Waals surface area (Å²) in [6.45, 7) is 2.16. The van der Waals surface area contributed by atoms with Crippen LogP contribution in [0.2, 0.25) is 0 Å². The number of rotatable bonds is 1. The van der Waals surface area contributed by atoms with Gasteiger partial charge in [-0.15, -0.1) is 0 Å². The summed E-state index contributed by atoms with van der Waals surface area (Å²) in [6.07, 6.45) is 1.15. The van der Waals surface area contributed by atoms with Gasteiger partial charge in [-0.2, -0.15) is 0 Å². The lowest BCUT2D eigenvalue weighted by molar-refractivity contribution is 0.731. The maximum atomic E-state index is 2.46. The van der Waals surface area contributed by atoms with Crippen LogP contribution in [-0.2, 0) is 13.0 Å². The van der Waals surface area contributed by atoms with E-state index in [0.29, 0.717) is 0 Å². The minimum atomic E-state index is 1.04. The van der Waals surface area contributed by atoms with Gasteiger partial charge in [0.2, 0.25) is 0 Å². The third kappa shape index (κ3) is 2.32. The number of hydrogen-bond donors (Lipinski definition) is 0. The summed E-state index contributed by atoms with van der Waals surface area (Å²) in [5.74, 6) is 0. The van der Waals surface area contributed by atoms with Gasteiger partial charge in [0.1, 0.15) is 0 Å². The van der Waals surface area contributed by atoms with Gasteiger partial charge in [-0.3, -0.25) is 0 Å². The van der Waals surface area contributed by atoms with E-state index in [9.17, 15) is 0 Å². The van der Waals surface area contributed by atoms with Crippen molar-refractivity contribution in [3.05, 3.63) is 63.2 Å². The van der Waals surface area contributed by atoms with Crippen molar-refractivity contribution in [3.63, 3.8) is 0 Å². The van der Waals surface area contributed by atoms with E-state index in [1.165, 1.54) is 20.4 Å². The van der Waals surface area contributed by atoms with Gasteiger partial charge < -0.3 is 4.90 Å². The Kier molecular flexibility index (Phi) is 3.05. The van der Waals surface area contributed by atoms with E-state index in [4.69, 9.17) is 0 Å². The van der Waals surface area contributed by atoms with Gasteiger partial charge in [-0.25, -0.2) is 0 Å². The van der Waals surface area contributed by atoms with E-state index >= 15 is 0 Å². The monoisotopic (exact) mass is 335 g/mol. The first-order chi connectivity index (χ1) is 8.33. The van der Waals surface area contributed by atoms with Crippen LogP contribution in [0.1, 0.15) is 11.1 Å². The average Bonchev–Trinajstić information content (AvgIpc) is 2.38. The highest BCUT2D eigenvalue weighted by Gasteiger charge is 2.15. The molecule has 1 nitrogen and oxygen atoms in total. The SMILES string of the molecule is Ic1cccc(N2CCc3ccccc3C2)c1. The lowest BCUT2D eigenvalue weighted by Gasteiger charge is -2.30. The first kappa shape index (κ1) is 11.1. The largest absolute Gasteiger partial charge is 0.367 e. The molecule has 0 saturated carbocycles. The molecule has 0 atom stereocenters. The Morgan fingerprint density at radius 3 is 2.59 bits per heavy atom. The number of anilines is 1. The predicted molar refractivity (Wildman–Crippen MR) is 80.4 cm³/mol. The molecule has 0 radical (unpaired) electrons. The second kappa shape index (κ2) is 4.69. The van der Waals surface area contributed by atoms with Crippen molar-refractivity contribution in [2.45, 2.75) is 13.0 Å². The second-order valence-electron chi connectivity index (χ2n) is 4.42. The molecule has 1 heterocycles. The highest BCUT2D eigenvalue weighted by Crippen LogP contribution is 2.25. The van der Waals surface area contributed by atoms with E-state index in [0.717, 1.165) is 19.5 Å². The summed E-state index contributed by atoms with van der Waals surface area (Å²) in [5, 5.41) is 0. The highest BCUT2D eigenvalue weighted by atomic mass is 127. The van der Waals surface area contributed by atoms with Crippen molar-refractivity contribution >= 4 is 28.3 Å². The van der Waals surface area contributed by atoms with Crippen LogP contribution in [0.4, 0.5) is 5.69 Å². The molecule has 0 saturated heterocycles. The molecule has 17 heavy (non-hydrogen) atoms. The topological polar surface area (TPSA) is 3.24 Å². The summed E-state index contributed by atoms with van der Waals surface area (Å²) >= 11 is 2.37. The molecule has 2 heteroatoms. The first-order valence-electron chi connectivity index (χ1n) is 5.90. The van der Waals surface area contributed by atoms with E-state index in [-0.39, 0.29) is 0 Å². The molecule has 1 aliphatic heterocycles. The van der Waals surface area contributed by atoms with Crippen LogP contribution in [0, 0.1) is 3.57 Å². The summed E-state index contributed by atoms with van der Waals surface area (Å²) in [4.78, 5) is 2.46. The lowest BCUT2D eigenvalue weighted by atomic mass is 9.99. The zero-order valence-electron chi connectivity index (χ0n) is 9.57. The summed E-state index contributed by atoms with van der Waals surface area (Å²) in [6, 6.07) is 17.5. The zero-order chi connectivity index (χ0) is 11.7. The Hall–Kier alpha value is -1.03. The molecular weight excluding hydrogens is 321 g/mol. The smallest absolute Gasteiger partial charge is 0.0432 e. The zero-order valence-corrected chi connectivity index (χ0v) is 11.7. The predicted octanol–water partition coefficient (Wildman–Crippen LogP) is 3.85. The van der Waals surface area contributed by atoms with Crippen molar-refractivity contribution in [2.24, 2.45) is 0 Å². The normalized spacial score (nSPS) is 14.5. The van der Waals surface area contributed by atoms with Gasteiger partial charge in [0.05, 0.1) is 0 Å². The molecule has 0 bridgehead atoms. The third-order valence-corrected chi connectivity index (χ3v) is 3.97. The van der Waals surface area contributed by atoms with Gasteiger partial charge in [0, 0.05) is 22.3 Å². The van der Waals surface area contributed by atoms with Crippen LogP contribution < -0.4 is 4.90 Å². The van der Waals surface area contributed by atoms with Gasteiger partial charge in [0.15, 0.2) is 0 Å². The molecule has 86 valence electrons. The van der Waals surface area contributed by atoms with Gasteiger partial charge >= 0.3 is 0 Å². The fraction of sp³-hybridized carbons (Fsp3) is 0.200. The van der Waals surface area contributed by atoms with Gasteiger partial charge in [-0.1, -0.05) is 30.3 Å². The van der Waals surface area contributed by atoms with E-state index in [2.05, 4.69) is 76.0 Å². The molecule has 3 rings (SSSR count). The molecule has 0 unspecified atom stereocenters. The number of halogens is 1. The Morgan fingerprint density at radius 1 is 0.941 bits per heavy atom. The molecular formula is C15H14IN. The standard InChI is InChI=1S/C15H14IN/c16-14-6-3-7-15(10-14)17-9-8-12-4-1-2-5-13(12)11-17/h1-7,10H,8-9,11H2. The summed E-state index contributed by atoms with van der Waals surface area (Å²) in [5.41, 5.74) is 4.32. The number of hydrogen-bond acceptors (Lipinski definition) is 1. The van der Waals surface area contributed by atoms with E-state index in [1.54, 1.807) is 0 Å². The van der Waals surface area contributed by atoms with Crippen molar-refractivity contribution in [2.75, 3.05) is 11.4 Å². The molecule has 0 fully saturated rings. The van der Waals surface area contributed by atoms with E-state index < -0.39 is 0 Å². The summed E-state index contributed by atoms with van der Waals surface area (Å²) in [7, 11) is 0. The van der Waals surface area contributed by atoms with Crippen LogP contribution in [0.3, 0.4) is 0 Å². The van der Waals surface area contributed by atoms with Gasteiger partial charge in [0.25, 0.3) is 0 Å². The quantitative estimate of drug-likeness (QED) is 0.716. The maximum absolute atomic E-state index is 2.46. The van der Waals surface area contributed by atoms with Gasteiger partial charge in [-0.05, 0) is 58.3 Å². The number of fused-ring (bicyclic) bond motifs is 1. The fourth-order valence-corrected chi connectivity index (χ4v) is 2.92. The third-order valence-electron chi connectivity index (χ3n) is 3.30. The molecule has 0 aromatic heterocycles. The Bertz CT molecular complexity index is 536. The summed E-state index contributed by atoms with van der Waals surface area (Å²) < 4.78 is 1.30. The average molecular weight is 335 g/mol. The fourth-order valence-electron chi connectivity index (χ4n) is 2.39. The van der Waals surface area contributed by atoms with Crippen LogP contribution in [0.15, 0.2) is 48.5 Å². The Morgan fingerprint density at radius 2 is 1.76 bits per heavy atom. The molecule has 2 aromatic carbocycles. The molecule has 0 aliphatic carbocycles. The number of benzene rings is 2. The minimum absolute atomic E-state index is 1.04. The van der Waals surface area contributed by atoms with Crippen molar-refractivity contribution in [1.29, 1.82) is 0 Å². The van der Waals surface area contributed by atoms with Crippen molar-refractivity contribution in [3.8, 4) is 0 Å². The molecule has 2 aromatic rings. The van der Waals surface area contributed by atoms with Crippen molar-refractivity contribution < 1.29 is 0 Å². The second-order valence-corrected chi connectivity index (χ2v) is 5.67. The molecule has 0 amide bonds. The van der Waals surface area contributed by atoms with E-state index in [1.807, 2.05) is 0 Å². The molecule has 1 aliphatic rings. The first-order valence-corrected chi connectivity index (χ1v) is 6.98. The van der Waals surface area contributed by atoms with Crippen LogP contribution in [0.25, 0.3) is 0 Å². The molecule has 0 spiro atoms. The highest BCUT2D eigenvalue weighted by molar-refractivity contribution is 14.1. The Labute approximate surface area is 116 Å². The lowest BCUT2D eigenvalue weighted by Crippen LogP contribution is -2.30. The molecule has 0 N–H and O–H groups in total. The van der Waals surface area contributed by atoms with Crippen LogP contribution in [-0.4, -0.2) is 6.54 Å². The maximum Gasteiger partial charge on any atom is 0.0432 e. The van der Waals surface area contributed by atoms with Crippen molar-refractivity contribution in [1.82, 2.24) is 0 Å². The number of nitrogens with zero attached hydrogens (tertiary/aromatic N) is 1. The Balaban J connectivity index is 1.89. The van der Waals surface area contributed by atoms with Crippen LogP contribution >= 0.6 is 22.6 Å². The van der Waals surface area contributed by atoms with Crippen LogP contribution in [0.5, 0.6) is 0 Å². The minimum Gasteiger partial charge on any atom is -0.367 e.